The van der Waals surface area contributed by atoms with Gasteiger partial charge in [0.2, 0.25) is 5.91 Å². The maximum absolute atomic E-state index is 13.2. The van der Waals surface area contributed by atoms with Crippen LogP contribution in [0.3, 0.4) is 0 Å². The van der Waals surface area contributed by atoms with E-state index in [4.69, 9.17) is 0 Å². The summed E-state index contributed by atoms with van der Waals surface area (Å²) < 4.78 is 1.62. The number of hydrogen-bond acceptors (Lipinski definition) is 5. The molecular weight excluding hydrogens is 408 g/mol. The largest absolute Gasteiger partial charge is 0.337 e. The highest BCUT2D eigenvalue weighted by molar-refractivity contribution is 7.99. The molecule has 0 aliphatic heterocycles. The number of fused-ring (bicyclic) bond motifs is 1. The van der Waals surface area contributed by atoms with Crippen LogP contribution in [0.5, 0.6) is 0 Å². The van der Waals surface area contributed by atoms with E-state index in [2.05, 4.69) is 16.4 Å². The van der Waals surface area contributed by atoms with Crippen LogP contribution in [0.15, 0.2) is 64.5 Å². The van der Waals surface area contributed by atoms with Gasteiger partial charge in [-0.1, -0.05) is 73.5 Å². The van der Waals surface area contributed by atoms with Crippen molar-refractivity contribution in [3.8, 4) is 6.07 Å². The summed E-state index contributed by atoms with van der Waals surface area (Å²) in [5, 5.41) is 13.6. The molecule has 1 aromatic heterocycles. The van der Waals surface area contributed by atoms with E-state index in [0.29, 0.717) is 35.4 Å². The summed E-state index contributed by atoms with van der Waals surface area (Å²) in [5.41, 5.74) is 0.702. The van der Waals surface area contributed by atoms with Crippen LogP contribution in [0.25, 0.3) is 10.9 Å². The lowest BCUT2D eigenvalue weighted by Gasteiger charge is -2.31. The summed E-state index contributed by atoms with van der Waals surface area (Å²) in [5.74, 6) is -0.106. The van der Waals surface area contributed by atoms with Crippen LogP contribution in [0.4, 0.5) is 0 Å². The molecule has 0 unspecified atom stereocenters. The van der Waals surface area contributed by atoms with Gasteiger partial charge >= 0.3 is 0 Å². The number of rotatable bonds is 6. The number of nitriles is 1. The molecule has 0 radical (unpaired) electrons. The van der Waals surface area contributed by atoms with Crippen molar-refractivity contribution in [2.45, 2.75) is 49.3 Å². The number of hydrogen-bond donors (Lipinski definition) is 1. The van der Waals surface area contributed by atoms with Gasteiger partial charge in [0.25, 0.3) is 5.56 Å². The molecule has 1 aliphatic carbocycles. The number of nitrogens with zero attached hydrogens (tertiary/aromatic N) is 3. The maximum atomic E-state index is 13.2. The molecule has 7 heteroatoms. The van der Waals surface area contributed by atoms with Crippen LogP contribution in [0.2, 0.25) is 0 Å². The summed E-state index contributed by atoms with van der Waals surface area (Å²) in [6.45, 7) is 0.379. The topological polar surface area (TPSA) is 87.8 Å². The van der Waals surface area contributed by atoms with Gasteiger partial charge < -0.3 is 5.32 Å². The van der Waals surface area contributed by atoms with Gasteiger partial charge in [-0.3, -0.25) is 14.2 Å². The third-order valence-electron chi connectivity index (χ3n) is 5.64. The smallest absolute Gasteiger partial charge is 0.262 e. The first-order chi connectivity index (χ1) is 15.1. The van der Waals surface area contributed by atoms with E-state index in [1.165, 1.54) is 11.8 Å². The lowest BCUT2D eigenvalue weighted by molar-refractivity contribution is -0.120. The second-order valence-corrected chi connectivity index (χ2v) is 8.82. The molecule has 1 saturated carbocycles. The first-order valence-electron chi connectivity index (χ1n) is 10.5. The van der Waals surface area contributed by atoms with Crippen molar-refractivity contribution in [1.82, 2.24) is 14.9 Å². The number of amides is 1. The molecule has 0 spiro atoms. The highest BCUT2D eigenvalue weighted by atomic mass is 32.2. The van der Waals surface area contributed by atoms with Crippen molar-refractivity contribution in [2.24, 2.45) is 0 Å². The molecule has 0 atom stereocenters. The van der Waals surface area contributed by atoms with Crippen LogP contribution in [-0.2, 0) is 11.3 Å². The fourth-order valence-corrected chi connectivity index (χ4v) is 4.81. The summed E-state index contributed by atoms with van der Waals surface area (Å²) >= 11 is 1.23. The molecule has 158 valence electrons. The highest BCUT2D eigenvalue weighted by Gasteiger charge is 2.33. The fourth-order valence-electron chi connectivity index (χ4n) is 4.02. The number of para-hydroxylation sites is 1. The standard InChI is InChI=1S/C24H24N4O2S/c25-17-24(13-7-2-8-14-24)27-21(29)16-31-23-26-20-12-6-5-11-19(20)22(30)28(23)15-18-9-3-1-4-10-18/h1,3-6,9-12H,2,7-8,13-16H2,(H,27,29). The van der Waals surface area contributed by atoms with E-state index in [1.807, 2.05) is 42.5 Å². The van der Waals surface area contributed by atoms with Gasteiger partial charge in [0.15, 0.2) is 5.16 Å². The average molecular weight is 433 g/mol. The minimum Gasteiger partial charge on any atom is -0.337 e. The Kier molecular flexibility index (Phi) is 6.38. The molecule has 1 heterocycles. The molecular formula is C24H24N4O2S. The van der Waals surface area contributed by atoms with E-state index in [9.17, 15) is 14.9 Å². The van der Waals surface area contributed by atoms with E-state index >= 15 is 0 Å². The first kappa shape index (κ1) is 21.1. The van der Waals surface area contributed by atoms with Crippen molar-refractivity contribution < 1.29 is 4.79 Å². The Morgan fingerprint density at radius 3 is 2.55 bits per heavy atom. The van der Waals surface area contributed by atoms with Crippen molar-refractivity contribution >= 4 is 28.6 Å². The number of carbonyl (C=O) groups excluding carboxylic acids is 1. The summed E-state index contributed by atoms with van der Waals surface area (Å²) in [4.78, 5) is 30.5. The number of benzene rings is 2. The molecule has 31 heavy (non-hydrogen) atoms. The van der Waals surface area contributed by atoms with E-state index < -0.39 is 5.54 Å². The van der Waals surface area contributed by atoms with Crippen molar-refractivity contribution in [2.75, 3.05) is 5.75 Å². The molecule has 4 rings (SSSR count). The fraction of sp³-hybridized carbons (Fsp3) is 0.333. The molecule has 1 aliphatic rings. The number of thioether (sulfide) groups is 1. The average Bonchev–Trinajstić information content (AvgIpc) is 2.81. The Morgan fingerprint density at radius 1 is 1.10 bits per heavy atom. The first-order valence-corrected chi connectivity index (χ1v) is 11.5. The molecule has 6 nitrogen and oxygen atoms in total. The Balaban J connectivity index is 1.59. The summed E-state index contributed by atoms with van der Waals surface area (Å²) in [6, 6.07) is 19.3. The number of nitrogens with one attached hydrogen (secondary N) is 1. The van der Waals surface area contributed by atoms with Crippen LogP contribution < -0.4 is 10.9 Å². The monoisotopic (exact) mass is 432 g/mol. The van der Waals surface area contributed by atoms with Crippen molar-refractivity contribution in [1.29, 1.82) is 5.26 Å². The number of aromatic nitrogens is 2. The van der Waals surface area contributed by atoms with Crippen LogP contribution in [0.1, 0.15) is 37.7 Å². The molecule has 2 aromatic carbocycles. The predicted molar refractivity (Wildman–Crippen MR) is 122 cm³/mol. The second kappa shape index (κ2) is 9.36. The predicted octanol–water partition coefficient (Wildman–Crippen LogP) is 3.88. The zero-order valence-corrected chi connectivity index (χ0v) is 18.0. The zero-order valence-electron chi connectivity index (χ0n) is 17.2. The molecule has 1 N–H and O–H groups in total. The van der Waals surface area contributed by atoms with Gasteiger partial charge in [-0.15, -0.1) is 0 Å². The van der Waals surface area contributed by atoms with E-state index in [-0.39, 0.29) is 17.2 Å². The Labute approximate surface area is 185 Å². The molecule has 1 fully saturated rings. The van der Waals surface area contributed by atoms with Gasteiger partial charge in [-0.2, -0.15) is 5.26 Å². The van der Waals surface area contributed by atoms with Gasteiger partial charge in [0.05, 0.1) is 29.3 Å². The molecule has 0 saturated heterocycles. The minimum atomic E-state index is -0.767. The third kappa shape index (κ3) is 4.80. The Bertz CT molecular complexity index is 1180. The molecule has 0 bridgehead atoms. The lowest BCUT2D eigenvalue weighted by Crippen LogP contribution is -2.49. The van der Waals surface area contributed by atoms with Crippen LogP contribution in [-0.4, -0.2) is 26.8 Å². The van der Waals surface area contributed by atoms with Gasteiger partial charge in [-0.05, 0) is 30.5 Å². The summed E-state index contributed by atoms with van der Waals surface area (Å²) in [7, 11) is 0. The van der Waals surface area contributed by atoms with Gasteiger partial charge in [0.1, 0.15) is 5.54 Å². The quantitative estimate of drug-likeness (QED) is 0.472. The zero-order chi connectivity index (χ0) is 21.7. The lowest BCUT2D eigenvalue weighted by atomic mass is 9.83. The van der Waals surface area contributed by atoms with Crippen LogP contribution >= 0.6 is 11.8 Å². The maximum Gasteiger partial charge on any atom is 0.262 e. The summed E-state index contributed by atoms with van der Waals surface area (Å²) in [6.07, 6.45) is 4.37. The van der Waals surface area contributed by atoms with Gasteiger partial charge in [0, 0.05) is 0 Å². The number of carbonyl (C=O) groups is 1. The van der Waals surface area contributed by atoms with Crippen LogP contribution in [0, 0.1) is 11.3 Å². The van der Waals surface area contributed by atoms with E-state index in [1.54, 1.807) is 16.7 Å². The molecule has 3 aromatic rings. The third-order valence-corrected chi connectivity index (χ3v) is 6.62. The van der Waals surface area contributed by atoms with E-state index in [0.717, 1.165) is 24.8 Å². The normalized spacial score (nSPS) is 15.3. The van der Waals surface area contributed by atoms with Crippen molar-refractivity contribution in [3.63, 3.8) is 0 Å². The minimum absolute atomic E-state index is 0.100. The van der Waals surface area contributed by atoms with Crippen molar-refractivity contribution in [3.05, 3.63) is 70.5 Å². The Hall–Kier alpha value is -3.11. The van der Waals surface area contributed by atoms with Gasteiger partial charge in [-0.25, -0.2) is 4.98 Å². The highest BCUT2D eigenvalue weighted by Crippen LogP contribution is 2.28. The Morgan fingerprint density at radius 2 is 1.81 bits per heavy atom. The SMILES string of the molecule is N#CC1(NC(=O)CSc2nc3ccccc3c(=O)n2Cc2ccccc2)CCCCC1. The molecule has 1 amide bonds. The second-order valence-electron chi connectivity index (χ2n) is 7.88.